The molecule has 4 rings (SSSR count). The minimum Gasteiger partial charge on any atom is -0.322 e. The van der Waals surface area contributed by atoms with Crippen molar-refractivity contribution in [1.29, 1.82) is 0 Å². The molecule has 0 aliphatic heterocycles. The first-order chi connectivity index (χ1) is 19.6. The van der Waals surface area contributed by atoms with Gasteiger partial charge in [-0.2, -0.15) is 0 Å². The number of anilines is 2. The van der Waals surface area contributed by atoms with Gasteiger partial charge in [0.15, 0.2) is 0 Å². The van der Waals surface area contributed by atoms with Gasteiger partial charge in [0.2, 0.25) is 5.91 Å². The van der Waals surface area contributed by atoms with E-state index in [0.29, 0.717) is 23.2 Å². The minimum atomic E-state index is -0.717. The van der Waals surface area contributed by atoms with Gasteiger partial charge in [0.1, 0.15) is 16.7 Å². The van der Waals surface area contributed by atoms with Crippen molar-refractivity contribution in [3.63, 3.8) is 0 Å². The highest BCUT2D eigenvalue weighted by Crippen LogP contribution is 2.17. The number of amides is 2. The average Bonchev–Trinajstić information content (AvgIpc) is 2.97. The zero-order chi connectivity index (χ0) is 29.5. The Balaban J connectivity index is 1.43. The molecule has 2 amide bonds. The first-order valence-electron chi connectivity index (χ1n) is 12.6. The van der Waals surface area contributed by atoms with Gasteiger partial charge in [-0.25, -0.2) is 9.18 Å². The third kappa shape index (κ3) is 7.38. The molecule has 0 saturated carbocycles. The zero-order valence-corrected chi connectivity index (χ0v) is 23.1. The maximum atomic E-state index is 13.1. The van der Waals surface area contributed by atoms with Crippen LogP contribution < -0.4 is 21.9 Å². The lowest BCUT2D eigenvalue weighted by Gasteiger charge is -2.13. The Morgan fingerprint density at radius 1 is 0.927 bits per heavy atom. The SMILES string of the molecule is Cc1ccc(CCC(=O)Nc2c(Cl)n(CC#Cc3ccc(NC(=O)c4ccc(F)cc4)cc3)c(=O)n(C)c2=O)cc1. The van der Waals surface area contributed by atoms with E-state index >= 15 is 0 Å². The molecule has 0 atom stereocenters. The lowest BCUT2D eigenvalue weighted by atomic mass is 10.1. The molecule has 3 aromatic carbocycles. The largest absolute Gasteiger partial charge is 0.332 e. The van der Waals surface area contributed by atoms with Crippen LogP contribution in [0.15, 0.2) is 82.4 Å². The van der Waals surface area contributed by atoms with Gasteiger partial charge in [0.05, 0.1) is 6.54 Å². The van der Waals surface area contributed by atoms with Crippen LogP contribution in [0.25, 0.3) is 0 Å². The normalized spacial score (nSPS) is 10.4. The van der Waals surface area contributed by atoms with E-state index in [2.05, 4.69) is 22.5 Å². The average molecular weight is 573 g/mol. The molecule has 0 radical (unpaired) electrons. The number of hydrogen-bond acceptors (Lipinski definition) is 4. The molecular weight excluding hydrogens is 547 g/mol. The highest BCUT2D eigenvalue weighted by Gasteiger charge is 2.18. The summed E-state index contributed by atoms with van der Waals surface area (Å²) in [5.74, 6) is 4.53. The van der Waals surface area contributed by atoms with Crippen molar-refractivity contribution in [3.8, 4) is 11.8 Å². The molecule has 8 nitrogen and oxygen atoms in total. The second-order valence-corrected chi connectivity index (χ2v) is 9.63. The Labute approximate surface area is 240 Å². The monoisotopic (exact) mass is 572 g/mol. The number of halogens is 2. The molecule has 0 fully saturated rings. The molecule has 4 aromatic rings. The lowest BCUT2D eigenvalue weighted by molar-refractivity contribution is -0.116. The molecular formula is C31H26ClFN4O4. The van der Waals surface area contributed by atoms with Gasteiger partial charge < -0.3 is 10.6 Å². The van der Waals surface area contributed by atoms with Crippen LogP contribution in [0, 0.1) is 24.6 Å². The van der Waals surface area contributed by atoms with E-state index in [-0.39, 0.29) is 29.7 Å². The van der Waals surface area contributed by atoms with Gasteiger partial charge in [0, 0.05) is 30.3 Å². The predicted octanol–water partition coefficient (Wildman–Crippen LogP) is 4.52. The Morgan fingerprint density at radius 3 is 2.24 bits per heavy atom. The van der Waals surface area contributed by atoms with Gasteiger partial charge in [-0.05, 0) is 67.4 Å². The van der Waals surface area contributed by atoms with E-state index in [1.165, 1.54) is 31.3 Å². The van der Waals surface area contributed by atoms with E-state index in [1.54, 1.807) is 24.3 Å². The molecule has 10 heteroatoms. The standard InChI is InChI=1S/C31H26ClFN4O4/c1-20-5-7-22(8-6-20)11-18-26(38)35-27-28(32)37(31(41)36(2)30(27)40)19-3-4-21-9-16-25(17-10-21)34-29(39)23-12-14-24(33)15-13-23/h5-10,12-17H,11,18-19H2,1-2H3,(H,34,39)(H,35,38). The second-order valence-electron chi connectivity index (χ2n) is 9.27. The van der Waals surface area contributed by atoms with Crippen molar-refractivity contribution in [2.24, 2.45) is 7.05 Å². The number of carbonyl (C=O) groups is 2. The number of aryl methyl sites for hydroxylation is 2. The number of rotatable bonds is 7. The number of nitrogens with one attached hydrogen (secondary N) is 2. The number of aromatic nitrogens is 2. The van der Waals surface area contributed by atoms with Gasteiger partial charge in [-0.15, -0.1) is 0 Å². The summed E-state index contributed by atoms with van der Waals surface area (Å²) in [7, 11) is 1.30. The Morgan fingerprint density at radius 2 is 1.59 bits per heavy atom. The Kier molecular flexibility index (Phi) is 9.17. The van der Waals surface area contributed by atoms with Crippen LogP contribution in [0.3, 0.4) is 0 Å². The molecule has 0 unspecified atom stereocenters. The van der Waals surface area contributed by atoms with E-state index < -0.39 is 23.0 Å². The third-order valence-electron chi connectivity index (χ3n) is 6.22. The van der Waals surface area contributed by atoms with Crippen LogP contribution in [0.2, 0.25) is 5.15 Å². The van der Waals surface area contributed by atoms with Gasteiger partial charge in [-0.1, -0.05) is 53.3 Å². The van der Waals surface area contributed by atoms with Crippen LogP contribution in [-0.2, 0) is 24.8 Å². The van der Waals surface area contributed by atoms with Crippen molar-refractivity contribution in [1.82, 2.24) is 9.13 Å². The van der Waals surface area contributed by atoms with Crippen molar-refractivity contribution in [2.75, 3.05) is 10.6 Å². The van der Waals surface area contributed by atoms with Gasteiger partial charge in [0.25, 0.3) is 11.5 Å². The summed E-state index contributed by atoms with van der Waals surface area (Å²) in [4.78, 5) is 50.3. The van der Waals surface area contributed by atoms with Crippen LogP contribution >= 0.6 is 11.6 Å². The molecule has 0 bridgehead atoms. The van der Waals surface area contributed by atoms with Crippen molar-refractivity contribution >= 4 is 34.8 Å². The number of hydrogen-bond donors (Lipinski definition) is 2. The smallest absolute Gasteiger partial charge is 0.322 e. The number of carbonyl (C=O) groups excluding carboxylic acids is 2. The third-order valence-corrected chi connectivity index (χ3v) is 6.62. The molecule has 0 aliphatic carbocycles. The molecule has 0 aliphatic rings. The molecule has 208 valence electrons. The van der Waals surface area contributed by atoms with Crippen molar-refractivity contribution in [2.45, 2.75) is 26.3 Å². The quantitative estimate of drug-likeness (QED) is 0.251. The molecule has 0 saturated heterocycles. The van der Waals surface area contributed by atoms with Gasteiger partial charge in [-0.3, -0.25) is 23.5 Å². The predicted molar refractivity (Wildman–Crippen MR) is 157 cm³/mol. The topological polar surface area (TPSA) is 102 Å². The fourth-order valence-corrected chi connectivity index (χ4v) is 4.12. The summed E-state index contributed by atoms with van der Waals surface area (Å²) in [5.41, 5.74) is 1.95. The Bertz CT molecular complexity index is 1770. The van der Waals surface area contributed by atoms with Crippen molar-refractivity contribution < 1.29 is 14.0 Å². The molecule has 41 heavy (non-hydrogen) atoms. The maximum Gasteiger partial charge on any atom is 0.332 e. The molecule has 1 aromatic heterocycles. The summed E-state index contributed by atoms with van der Waals surface area (Å²) < 4.78 is 15.0. The fourth-order valence-electron chi connectivity index (χ4n) is 3.86. The zero-order valence-electron chi connectivity index (χ0n) is 22.3. The molecule has 1 heterocycles. The summed E-state index contributed by atoms with van der Waals surface area (Å²) in [6.07, 6.45) is 0.603. The fraction of sp³-hybridized carbons (Fsp3) is 0.161. The summed E-state index contributed by atoms with van der Waals surface area (Å²) in [5, 5.41) is 5.05. The summed E-state index contributed by atoms with van der Waals surface area (Å²) >= 11 is 6.39. The lowest BCUT2D eigenvalue weighted by Crippen LogP contribution is -2.40. The number of benzene rings is 3. The Hall–Kier alpha value is -4.94. The molecule has 0 spiro atoms. The first-order valence-corrected chi connectivity index (χ1v) is 13.0. The highest BCUT2D eigenvalue weighted by atomic mass is 35.5. The van der Waals surface area contributed by atoms with Crippen molar-refractivity contribution in [3.05, 3.63) is 127 Å². The summed E-state index contributed by atoms with van der Waals surface area (Å²) in [6, 6.07) is 19.6. The van der Waals surface area contributed by atoms with Gasteiger partial charge >= 0.3 is 5.69 Å². The minimum absolute atomic E-state index is 0.127. The van der Waals surface area contributed by atoms with E-state index in [4.69, 9.17) is 11.6 Å². The highest BCUT2D eigenvalue weighted by molar-refractivity contribution is 6.32. The van der Waals surface area contributed by atoms with E-state index in [9.17, 15) is 23.6 Å². The molecule has 2 N–H and O–H groups in total. The van der Waals surface area contributed by atoms with Crippen LogP contribution in [0.1, 0.15) is 33.5 Å². The van der Waals surface area contributed by atoms with E-state index in [0.717, 1.165) is 20.3 Å². The first kappa shape index (κ1) is 29.1. The van der Waals surface area contributed by atoms with Crippen LogP contribution in [0.4, 0.5) is 15.8 Å². The van der Waals surface area contributed by atoms with E-state index in [1.807, 2.05) is 31.2 Å². The maximum absolute atomic E-state index is 13.1. The van der Waals surface area contributed by atoms with Crippen LogP contribution in [-0.4, -0.2) is 20.9 Å². The number of nitrogens with zero attached hydrogens (tertiary/aromatic N) is 2. The summed E-state index contributed by atoms with van der Waals surface area (Å²) in [6.45, 7) is 1.84. The van der Waals surface area contributed by atoms with Crippen LogP contribution in [0.5, 0.6) is 0 Å². The second kappa shape index (κ2) is 12.9.